The highest BCUT2D eigenvalue weighted by Gasteiger charge is 2.33. The van der Waals surface area contributed by atoms with Crippen molar-refractivity contribution in [1.29, 1.82) is 0 Å². The van der Waals surface area contributed by atoms with Crippen molar-refractivity contribution in [2.75, 3.05) is 7.05 Å². The standard InChI is InChI=1S/C12H14ClN3/c1-15-12(11(14)3-2-8-16-12)9-4-6-10(13)7-5-9/h2-8,15-16H,14H2,1H3. The van der Waals surface area contributed by atoms with Gasteiger partial charge in [0.25, 0.3) is 0 Å². The molecular weight excluding hydrogens is 222 g/mol. The fourth-order valence-electron chi connectivity index (χ4n) is 1.84. The molecule has 1 aromatic rings. The Morgan fingerprint density at radius 2 is 2.00 bits per heavy atom. The van der Waals surface area contributed by atoms with Gasteiger partial charge in [0.05, 0.1) is 5.70 Å². The molecular formula is C12H14ClN3. The number of dihydropyridines is 1. The Bertz CT molecular complexity index is 436. The lowest BCUT2D eigenvalue weighted by molar-refractivity contribution is 0.372. The lowest BCUT2D eigenvalue weighted by atomic mass is 9.94. The molecule has 16 heavy (non-hydrogen) atoms. The van der Waals surface area contributed by atoms with Crippen molar-refractivity contribution in [2.45, 2.75) is 5.66 Å². The maximum absolute atomic E-state index is 6.05. The van der Waals surface area contributed by atoms with E-state index in [0.29, 0.717) is 5.02 Å². The van der Waals surface area contributed by atoms with E-state index in [0.717, 1.165) is 11.3 Å². The summed E-state index contributed by atoms with van der Waals surface area (Å²) in [5, 5.41) is 7.16. The van der Waals surface area contributed by atoms with Gasteiger partial charge in [-0.3, -0.25) is 5.32 Å². The molecule has 0 bridgehead atoms. The summed E-state index contributed by atoms with van der Waals surface area (Å²) in [6.45, 7) is 0. The molecule has 84 valence electrons. The third-order valence-electron chi connectivity index (χ3n) is 2.76. The Hall–Kier alpha value is -1.45. The first kappa shape index (κ1) is 11.0. The van der Waals surface area contributed by atoms with Crippen molar-refractivity contribution >= 4 is 11.6 Å². The first-order valence-corrected chi connectivity index (χ1v) is 5.42. The molecule has 0 saturated carbocycles. The molecule has 0 spiro atoms. The number of rotatable bonds is 2. The first-order chi connectivity index (χ1) is 7.69. The van der Waals surface area contributed by atoms with Crippen molar-refractivity contribution in [3.8, 4) is 0 Å². The van der Waals surface area contributed by atoms with Gasteiger partial charge in [-0.25, -0.2) is 0 Å². The Kier molecular flexibility index (Phi) is 2.90. The Morgan fingerprint density at radius 3 is 2.56 bits per heavy atom. The van der Waals surface area contributed by atoms with Crippen LogP contribution in [0, 0.1) is 0 Å². The molecule has 0 saturated heterocycles. The Morgan fingerprint density at radius 1 is 1.31 bits per heavy atom. The number of allylic oxidation sites excluding steroid dienone is 2. The summed E-state index contributed by atoms with van der Waals surface area (Å²) in [5.41, 5.74) is 7.25. The van der Waals surface area contributed by atoms with Crippen LogP contribution in [0.1, 0.15) is 5.56 Å². The van der Waals surface area contributed by atoms with E-state index in [1.54, 1.807) is 0 Å². The van der Waals surface area contributed by atoms with Gasteiger partial charge in [0.15, 0.2) is 5.66 Å². The largest absolute Gasteiger partial charge is 0.399 e. The maximum atomic E-state index is 6.05. The third-order valence-corrected chi connectivity index (χ3v) is 3.01. The Labute approximate surface area is 100.0 Å². The molecule has 0 fully saturated rings. The summed E-state index contributed by atoms with van der Waals surface area (Å²) in [5.74, 6) is 0. The van der Waals surface area contributed by atoms with Gasteiger partial charge in [0.1, 0.15) is 0 Å². The minimum Gasteiger partial charge on any atom is -0.399 e. The van der Waals surface area contributed by atoms with Crippen LogP contribution in [0.2, 0.25) is 5.02 Å². The number of hydrogen-bond acceptors (Lipinski definition) is 3. The minimum atomic E-state index is -0.542. The molecule has 0 aromatic heterocycles. The first-order valence-electron chi connectivity index (χ1n) is 5.04. The van der Waals surface area contributed by atoms with E-state index in [9.17, 15) is 0 Å². The second-order valence-electron chi connectivity index (χ2n) is 3.63. The van der Waals surface area contributed by atoms with Crippen LogP contribution in [0.3, 0.4) is 0 Å². The third kappa shape index (κ3) is 1.68. The van der Waals surface area contributed by atoms with Gasteiger partial charge in [0, 0.05) is 5.02 Å². The van der Waals surface area contributed by atoms with Gasteiger partial charge in [-0.2, -0.15) is 0 Å². The van der Waals surface area contributed by atoms with Crippen LogP contribution in [-0.2, 0) is 5.66 Å². The summed E-state index contributed by atoms with van der Waals surface area (Å²) >= 11 is 5.87. The highest BCUT2D eigenvalue weighted by Crippen LogP contribution is 2.26. The number of halogens is 1. The second kappa shape index (κ2) is 4.20. The van der Waals surface area contributed by atoms with Crippen LogP contribution in [0.15, 0.2) is 48.3 Å². The fraction of sp³-hybridized carbons (Fsp3) is 0.167. The van der Waals surface area contributed by atoms with Crippen LogP contribution in [0.25, 0.3) is 0 Å². The molecule has 1 aliphatic rings. The van der Waals surface area contributed by atoms with Crippen molar-refractivity contribution in [1.82, 2.24) is 10.6 Å². The average Bonchev–Trinajstić information content (AvgIpc) is 2.31. The van der Waals surface area contributed by atoms with Gasteiger partial charge in [-0.05, 0) is 43.1 Å². The van der Waals surface area contributed by atoms with Crippen molar-refractivity contribution in [3.63, 3.8) is 0 Å². The number of benzene rings is 1. The zero-order valence-electron chi connectivity index (χ0n) is 9.00. The zero-order chi connectivity index (χ0) is 11.6. The molecule has 1 atom stereocenters. The van der Waals surface area contributed by atoms with Crippen LogP contribution < -0.4 is 16.4 Å². The van der Waals surface area contributed by atoms with Gasteiger partial charge in [-0.1, -0.05) is 23.7 Å². The number of nitrogens with one attached hydrogen (secondary N) is 2. The molecule has 3 nitrogen and oxygen atoms in total. The molecule has 1 heterocycles. The predicted octanol–water partition coefficient (Wildman–Crippen LogP) is 1.67. The second-order valence-corrected chi connectivity index (χ2v) is 4.07. The van der Waals surface area contributed by atoms with Crippen LogP contribution in [0.4, 0.5) is 0 Å². The number of likely N-dealkylation sites (N-methyl/N-ethyl adjacent to an activating group) is 1. The molecule has 0 radical (unpaired) electrons. The molecule has 4 N–H and O–H groups in total. The highest BCUT2D eigenvalue weighted by molar-refractivity contribution is 6.30. The van der Waals surface area contributed by atoms with Crippen LogP contribution in [-0.4, -0.2) is 7.05 Å². The molecule has 1 aliphatic heterocycles. The molecule has 1 aromatic carbocycles. The molecule has 4 heteroatoms. The van der Waals surface area contributed by atoms with Gasteiger partial charge in [0.2, 0.25) is 0 Å². The summed E-state index contributed by atoms with van der Waals surface area (Å²) in [4.78, 5) is 0. The summed E-state index contributed by atoms with van der Waals surface area (Å²) in [6, 6.07) is 7.60. The predicted molar refractivity (Wildman–Crippen MR) is 66.7 cm³/mol. The van der Waals surface area contributed by atoms with Crippen molar-refractivity contribution < 1.29 is 0 Å². The maximum Gasteiger partial charge on any atom is 0.155 e. The van der Waals surface area contributed by atoms with Gasteiger partial charge < -0.3 is 11.1 Å². The number of hydrogen-bond donors (Lipinski definition) is 3. The summed E-state index contributed by atoms with van der Waals surface area (Å²) in [7, 11) is 1.86. The van der Waals surface area contributed by atoms with Crippen LogP contribution >= 0.6 is 11.6 Å². The van der Waals surface area contributed by atoms with Crippen molar-refractivity contribution in [2.24, 2.45) is 5.73 Å². The van der Waals surface area contributed by atoms with Gasteiger partial charge in [-0.15, -0.1) is 0 Å². The van der Waals surface area contributed by atoms with E-state index in [1.807, 2.05) is 49.7 Å². The molecule has 0 aliphatic carbocycles. The van der Waals surface area contributed by atoms with Crippen molar-refractivity contribution in [3.05, 3.63) is 58.9 Å². The monoisotopic (exact) mass is 235 g/mol. The highest BCUT2D eigenvalue weighted by atomic mass is 35.5. The topological polar surface area (TPSA) is 50.1 Å². The van der Waals surface area contributed by atoms with E-state index >= 15 is 0 Å². The summed E-state index contributed by atoms with van der Waals surface area (Å²) < 4.78 is 0. The number of nitrogens with two attached hydrogens (primary N) is 1. The molecule has 2 rings (SSSR count). The lowest BCUT2D eigenvalue weighted by Crippen LogP contribution is -2.54. The van der Waals surface area contributed by atoms with E-state index in [-0.39, 0.29) is 0 Å². The lowest BCUT2D eigenvalue weighted by Gasteiger charge is -2.36. The minimum absolute atomic E-state index is 0.542. The summed E-state index contributed by atoms with van der Waals surface area (Å²) in [6.07, 6.45) is 5.61. The van der Waals surface area contributed by atoms with E-state index in [2.05, 4.69) is 10.6 Å². The Balaban J connectivity index is 2.46. The molecule has 1 unspecified atom stereocenters. The quantitative estimate of drug-likeness (QED) is 0.731. The van der Waals surface area contributed by atoms with Crippen LogP contribution in [0.5, 0.6) is 0 Å². The molecule has 0 amide bonds. The van der Waals surface area contributed by atoms with E-state index < -0.39 is 5.66 Å². The fourth-order valence-corrected chi connectivity index (χ4v) is 1.97. The average molecular weight is 236 g/mol. The van der Waals surface area contributed by atoms with E-state index in [4.69, 9.17) is 17.3 Å². The SMILES string of the molecule is CNC1(c2ccc(Cl)cc2)NC=CC=C1N. The zero-order valence-corrected chi connectivity index (χ0v) is 9.75. The smallest absolute Gasteiger partial charge is 0.155 e. The van der Waals surface area contributed by atoms with E-state index in [1.165, 1.54) is 0 Å². The normalized spacial score (nSPS) is 23.8. The van der Waals surface area contributed by atoms with Gasteiger partial charge >= 0.3 is 0 Å².